The summed E-state index contributed by atoms with van der Waals surface area (Å²) in [6.45, 7) is 0. The molecule has 2 aromatic rings. The number of nitrogens with two attached hydrogens (primary N) is 1. The van der Waals surface area contributed by atoms with Crippen molar-refractivity contribution < 1.29 is 22.1 Å². The molecule has 0 saturated heterocycles. The normalized spacial score (nSPS) is 11.8. The van der Waals surface area contributed by atoms with Gasteiger partial charge in [-0.15, -0.1) is 0 Å². The predicted molar refractivity (Wildman–Crippen MR) is 56.3 cm³/mol. The Hall–Kier alpha value is -1.76. The van der Waals surface area contributed by atoms with Crippen LogP contribution in [0, 0.1) is 5.82 Å². The van der Waals surface area contributed by atoms with E-state index < -0.39 is 17.6 Å². The standard InChI is InChI=1S/C10H5ClF4N2O/c11-7-8(18-17-9(7)16)4-1-2-6(12)5(3-4)10(13,14)15/h1-3H,(H2,16,17). The first-order valence-corrected chi connectivity index (χ1v) is 4.96. The zero-order valence-corrected chi connectivity index (χ0v) is 9.31. The van der Waals surface area contributed by atoms with Crippen molar-refractivity contribution in [3.8, 4) is 11.3 Å². The first kappa shape index (κ1) is 12.7. The van der Waals surface area contributed by atoms with Gasteiger partial charge in [0.15, 0.2) is 11.6 Å². The Morgan fingerprint density at radius 1 is 1.28 bits per heavy atom. The Morgan fingerprint density at radius 3 is 2.44 bits per heavy atom. The highest BCUT2D eigenvalue weighted by atomic mass is 35.5. The zero-order chi connectivity index (χ0) is 13.5. The summed E-state index contributed by atoms with van der Waals surface area (Å²) in [4.78, 5) is 0. The summed E-state index contributed by atoms with van der Waals surface area (Å²) in [6, 6.07) is 2.35. The lowest BCUT2D eigenvalue weighted by Crippen LogP contribution is -2.08. The summed E-state index contributed by atoms with van der Waals surface area (Å²) >= 11 is 5.69. The first-order chi connectivity index (χ1) is 8.30. The molecule has 8 heteroatoms. The van der Waals surface area contributed by atoms with Gasteiger partial charge in [0, 0.05) is 5.56 Å². The van der Waals surface area contributed by atoms with E-state index in [1.165, 1.54) is 0 Å². The lowest BCUT2D eigenvalue weighted by molar-refractivity contribution is -0.139. The van der Waals surface area contributed by atoms with Gasteiger partial charge >= 0.3 is 6.18 Å². The van der Waals surface area contributed by atoms with Crippen LogP contribution in [0.3, 0.4) is 0 Å². The molecule has 1 aromatic carbocycles. The van der Waals surface area contributed by atoms with Crippen molar-refractivity contribution in [1.29, 1.82) is 0 Å². The molecule has 96 valence electrons. The van der Waals surface area contributed by atoms with Gasteiger partial charge in [0.2, 0.25) is 0 Å². The van der Waals surface area contributed by atoms with Gasteiger partial charge in [-0.25, -0.2) is 4.39 Å². The minimum Gasteiger partial charge on any atom is -0.380 e. The van der Waals surface area contributed by atoms with E-state index in [1.54, 1.807) is 0 Å². The molecule has 1 aromatic heterocycles. The highest BCUT2D eigenvalue weighted by molar-refractivity contribution is 6.35. The molecule has 0 radical (unpaired) electrons. The summed E-state index contributed by atoms with van der Waals surface area (Å²) in [6.07, 6.45) is -4.81. The van der Waals surface area contributed by atoms with Crippen LogP contribution < -0.4 is 5.73 Å². The maximum absolute atomic E-state index is 13.1. The number of rotatable bonds is 1. The molecule has 2 N–H and O–H groups in total. The molecular weight excluding hydrogens is 276 g/mol. The maximum atomic E-state index is 13.1. The number of halogens is 5. The van der Waals surface area contributed by atoms with Crippen LogP contribution in [0.2, 0.25) is 5.02 Å². The van der Waals surface area contributed by atoms with Crippen LogP contribution in [-0.4, -0.2) is 5.16 Å². The van der Waals surface area contributed by atoms with Crippen LogP contribution in [0.5, 0.6) is 0 Å². The van der Waals surface area contributed by atoms with Gasteiger partial charge < -0.3 is 10.3 Å². The third kappa shape index (κ3) is 2.13. The average Bonchev–Trinajstić information content (AvgIpc) is 2.59. The van der Waals surface area contributed by atoms with Crippen LogP contribution in [-0.2, 0) is 6.18 Å². The summed E-state index contributed by atoms with van der Waals surface area (Å²) in [5.41, 5.74) is 3.83. The van der Waals surface area contributed by atoms with Gasteiger partial charge in [0.1, 0.15) is 10.8 Å². The van der Waals surface area contributed by atoms with Gasteiger partial charge in [0.05, 0.1) is 5.56 Å². The van der Waals surface area contributed by atoms with Gasteiger partial charge in [-0.1, -0.05) is 16.8 Å². The van der Waals surface area contributed by atoms with Crippen molar-refractivity contribution in [3.05, 3.63) is 34.6 Å². The highest BCUT2D eigenvalue weighted by Crippen LogP contribution is 2.37. The largest absolute Gasteiger partial charge is 0.419 e. The van der Waals surface area contributed by atoms with Crippen molar-refractivity contribution in [2.75, 3.05) is 5.73 Å². The monoisotopic (exact) mass is 280 g/mol. The average molecular weight is 281 g/mol. The zero-order valence-electron chi connectivity index (χ0n) is 8.55. The summed E-state index contributed by atoms with van der Waals surface area (Å²) in [7, 11) is 0. The molecule has 18 heavy (non-hydrogen) atoms. The number of aromatic nitrogens is 1. The number of benzene rings is 1. The Balaban J connectivity index is 2.58. The molecule has 2 rings (SSSR count). The second kappa shape index (κ2) is 4.16. The van der Waals surface area contributed by atoms with Crippen molar-refractivity contribution in [1.82, 2.24) is 5.16 Å². The molecule has 0 aliphatic rings. The number of alkyl halides is 3. The minimum absolute atomic E-state index is 0.0575. The quantitative estimate of drug-likeness (QED) is 0.810. The van der Waals surface area contributed by atoms with E-state index in [0.717, 1.165) is 6.07 Å². The third-order valence-electron chi connectivity index (χ3n) is 2.19. The molecular formula is C10H5ClF4N2O. The summed E-state index contributed by atoms with van der Waals surface area (Å²) in [5.74, 6) is -1.67. The van der Waals surface area contributed by atoms with E-state index in [9.17, 15) is 17.6 Å². The van der Waals surface area contributed by atoms with Gasteiger partial charge in [-0.05, 0) is 18.2 Å². The lowest BCUT2D eigenvalue weighted by atomic mass is 10.1. The predicted octanol–water partition coefficient (Wildman–Crippen LogP) is 3.74. The number of hydrogen-bond donors (Lipinski definition) is 1. The van der Waals surface area contributed by atoms with E-state index in [-0.39, 0.29) is 22.2 Å². The van der Waals surface area contributed by atoms with Gasteiger partial charge in [-0.2, -0.15) is 13.2 Å². The van der Waals surface area contributed by atoms with Crippen LogP contribution >= 0.6 is 11.6 Å². The van der Waals surface area contributed by atoms with E-state index in [0.29, 0.717) is 12.1 Å². The molecule has 0 aliphatic heterocycles. The first-order valence-electron chi connectivity index (χ1n) is 4.58. The van der Waals surface area contributed by atoms with Crippen LogP contribution in [0.4, 0.5) is 23.4 Å². The van der Waals surface area contributed by atoms with Crippen molar-refractivity contribution in [2.24, 2.45) is 0 Å². The summed E-state index contributed by atoms with van der Waals surface area (Å²) < 4.78 is 55.3. The second-order valence-electron chi connectivity index (χ2n) is 3.40. The molecule has 0 saturated carbocycles. The fourth-order valence-corrected chi connectivity index (χ4v) is 1.53. The highest BCUT2D eigenvalue weighted by Gasteiger charge is 2.34. The second-order valence-corrected chi connectivity index (χ2v) is 3.78. The van der Waals surface area contributed by atoms with Crippen molar-refractivity contribution >= 4 is 17.4 Å². The molecule has 0 bridgehead atoms. The Morgan fingerprint density at radius 2 is 1.94 bits per heavy atom. The molecule has 0 spiro atoms. The van der Waals surface area contributed by atoms with E-state index in [2.05, 4.69) is 5.16 Å². The lowest BCUT2D eigenvalue weighted by Gasteiger charge is -2.08. The van der Waals surface area contributed by atoms with E-state index >= 15 is 0 Å². The fraction of sp³-hybridized carbons (Fsp3) is 0.100. The van der Waals surface area contributed by atoms with Gasteiger partial charge in [0.25, 0.3) is 0 Å². The molecule has 1 heterocycles. The van der Waals surface area contributed by atoms with E-state index in [1.807, 2.05) is 0 Å². The molecule has 0 fully saturated rings. The summed E-state index contributed by atoms with van der Waals surface area (Å²) in [5, 5.41) is 3.19. The molecule has 0 atom stereocenters. The number of hydrogen-bond acceptors (Lipinski definition) is 3. The Labute approximate surface area is 103 Å². The Kier molecular flexibility index (Phi) is 2.94. The van der Waals surface area contributed by atoms with Crippen LogP contribution in [0.25, 0.3) is 11.3 Å². The molecule has 0 unspecified atom stereocenters. The number of nitrogens with zero attached hydrogens (tertiary/aromatic N) is 1. The Bertz CT molecular complexity index is 594. The molecule has 0 amide bonds. The fourth-order valence-electron chi connectivity index (χ4n) is 1.35. The van der Waals surface area contributed by atoms with Crippen molar-refractivity contribution in [2.45, 2.75) is 6.18 Å². The van der Waals surface area contributed by atoms with Crippen LogP contribution in [0.15, 0.2) is 22.7 Å². The van der Waals surface area contributed by atoms with Crippen LogP contribution in [0.1, 0.15) is 5.56 Å². The van der Waals surface area contributed by atoms with Gasteiger partial charge in [-0.3, -0.25) is 0 Å². The number of anilines is 1. The molecule has 0 aliphatic carbocycles. The maximum Gasteiger partial charge on any atom is 0.419 e. The smallest absolute Gasteiger partial charge is 0.380 e. The van der Waals surface area contributed by atoms with E-state index in [4.69, 9.17) is 21.9 Å². The number of nitrogen functional groups attached to an aromatic ring is 1. The third-order valence-corrected chi connectivity index (χ3v) is 2.56. The SMILES string of the molecule is Nc1noc(-c2ccc(F)c(C(F)(F)F)c2)c1Cl. The topological polar surface area (TPSA) is 52.0 Å². The van der Waals surface area contributed by atoms with Crippen molar-refractivity contribution in [3.63, 3.8) is 0 Å². The molecule has 3 nitrogen and oxygen atoms in total. The minimum atomic E-state index is -4.81.